The largest absolute Gasteiger partial charge is 0.342 e. The fraction of sp³-hybridized carbons (Fsp3) is 0.500. The highest BCUT2D eigenvalue weighted by Gasteiger charge is 2.35. The number of rotatable bonds is 17. The van der Waals surface area contributed by atoms with Crippen molar-refractivity contribution in [3.63, 3.8) is 0 Å². The molecular weight excluding hydrogens is 466 g/mol. The van der Waals surface area contributed by atoms with Gasteiger partial charge in [-0.25, -0.2) is 0 Å². The minimum Gasteiger partial charge on any atom is -0.342 e. The van der Waals surface area contributed by atoms with Gasteiger partial charge in [0.15, 0.2) is 0 Å². The lowest BCUT2D eigenvalue weighted by atomic mass is 9.90. The molecule has 4 heteroatoms. The smallest absolute Gasteiger partial charge is 0.222 e. The van der Waals surface area contributed by atoms with E-state index < -0.39 is 0 Å². The fourth-order valence-electron chi connectivity index (χ4n) is 4.49. The topological polar surface area (TPSA) is 45.6 Å². The van der Waals surface area contributed by atoms with Crippen molar-refractivity contribution in [1.82, 2.24) is 9.88 Å². The van der Waals surface area contributed by atoms with E-state index in [0.717, 1.165) is 88.7 Å². The summed E-state index contributed by atoms with van der Waals surface area (Å²) in [5.74, 6) is 0.285. The Bertz CT molecular complexity index is 971. The van der Waals surface area contributed by atoms with Crippen LogP contribution in [0, 0.1) is 5.41 Å². The number of hydrogen-bond acceptors (Lipinski definition) is 3. The van der Waals surface area contributed by atoms with Crippen molar-refractivity contribution in [3.8, 4) is 0 Å². The molecular formula is C34H49N3O. The highest BCUT2D eigenvalue weighted by atomic mass is 16.2. The van der Waals surface area contributed by atoms with Crippen LogP contribution in [-0.4, -0.2) is 41.1 Å². The SMILES string of the molecule is CCC=CCC=CCC=CCC=CCC=CCCCC(=O)N1CCC(C)(CN=C(CC)c2cccnc2)C1. The molecule has 0 aromatic carbocycles. The summed E-state index contributed by atoms with van der Waals surface area (Å²) in [5.41, 5.74) is 2.25. The van der Waals surface area contributed by atoms with Crippen molar-refractivity contribution in [2.75, 3.05) is 19.6 Å². The zero-order valence-electron chi connectivity index (χ0n) is 24.0. The zero-order chi connectivity index (χ0) is 27.3. The Labute approximate surface area is 232 Å². The summed E-state index contributed by atoms with van der Waals surface area (Å²) < 4.78 is 0. The van der Waals surface area contributed by atoms with Gasteiger partial charge in [0.05, 0.1) is 0 Å². The maximum Gasteiger partial charge on any atom is 0.222 e. The molecule has 1 aliphatic rings. The van der Waals surface area contributed by atoms with E-state index in [-0.39, 0.29) is 11.3 Å². The second-order valence-electron chi connectivity index (χ2n) is 10.3. The number of carbonyl (C=O) groups excluding carboxylic acids is 1. The third-order valence-electron chi connectivity index (χ3n) is 6.81. The van der Waals surface area contributed by atoms with Gasteiger partial charge in [0, 0.05) is 55.1 Å². The monoisotopic (exact) mass is 515 g/mol. The lowest BCUT2D eigenvalue weighted by molar-refractivity contribution is -0.130. The summed E-state index contributed by atoms with van der Waals surface area (Å²) in [5, 5.41) is 0. The molecule has 1 aromatic heterocycles. The van der Waals surface area contributed by atoms with Crippen molar-refractivity contribution in [2.24, 2.45) is 10.4 Å². The first-order valence-electron chi connectivity index (χ1n) is 14.5. The molecule has 1 amide bonds. The summed E-state index contributed by atoms with van der Waals surface area (Å²) in [6.45, 7) is 8.97. The van der Waals surface area contributed by atoms with Gasteiger partial charge in [-0.05, 0) is 63.9 Å². The molecule has 2 rings (SSSR count). The van der Waals surface area contributed by atoms with Crippen molar-refractivity contribution in [3.05, 3.63) is 90.9 Å². The molecule has 1 aliphatic heterocycles. The number of nitrogens with zero attached hydrogens (tertiary/aromatic N) is 3. The first-order valence-corrected chi connectivity index (χ1v) is 14.5. The highest BCUT2D eigenvalue weighted by molar-refractivity contribution is 6.00. The molecule has 38 heavy (non-hydrogen) atoms. The molecule has 206 valence electrons. The predicted octanol–water partition coefficient (Wildman–Crippen LogP) is 8.44. The van der Waals surface area contributed by atoms with Gasteiger partial charge in [0.25, 0.3) is 0 Å². The highest BCUT2D eigenvalue weighted by Crippen LogP contribution is 2.31. The van der Waals surface area contributed by atoms with Crippen LogP contribution in [0.15, 0.2) is 90.3 Å². The van der Waals surface area contributed by atoms with Gasteiger partial charge in [0.2, 0.25) is 5.91 Å². The van der Waals surface area contributed by atoms with Gasteiger partial charge in [-0.1, -0.05) is 87.6 Å². The predicted molar refractivity (Wildman–Crippen MR) is 164 cm³/mol. The van der Waals surface area contributed by atoms with Crippen molar-refractivity contribution >= 4 is 11.6 Å². The number of unbranched alkanes of at least 4 members (excludes halogenated alkanes) is 1. The van der Waals surface area contributed by atoms with Gasteiger partial charge < -0.3 is 4.90 Å². The minimum absolute atomic E-state index is 0.0578. The number of amides is 1. The summed E-state index contributed by atoms with van der Waals surface area (Å²) in [4.78, 5) is 23.9. The van der Waals surface area contributed by atoms with E-state index in [1.54, 1.807) is 6.20 Å². The van der Waals surface area contributed by atoms with Crippen LogP contribution in [0.2, 0.25) is 0 Å². The van der Waals surface area contributed by atoms with Gasteiger partial charge in [-0.2, -0.15) is 0 Å². The standard InChI is InChI=1S/C34H49N3O/c1-4-6-7-8-9-10-11-12-13-14-15-16-17-18-19-20-21-24-33(38)37-27-25-34(3,30-37)29-36-32(5-2)31-23-22-26-35-28-31/h6-7,9-10,12-13,15-16,18-19,22-23,26,28H,4-5,8,11,14,17,20-21,24-25,27,29-30H2,1-3H3. The van der Waals surface area contributed by atoms with E-state index in [4.69, 9.17) is 4.99 Å². The normalized spacial score (nSPS) is 18.9. The van der Waals surface area contributed by atoms with E-state index in [9.17, 15) is 4.79 Å². The molecule has 0 N–H and O–H groups in total. The number of carbonyl (C=O) groups is 1. The van der Waals surface area contributed by atoms with E-state index >= 15 is 0 Å². The molecule has 4 nitrogen and oxygen atoms in total. The fourth-order valence-corrected chi connectivity index (χ4v) is 4.49. The third kappa shape index (κ3) is 13.0. The van der Waals surface area contributed by atoms with Crippen LogP contribution >= 0.6 is 0 Å². The van der Waals surface area contributed by atoms with Crippen molar-refractivity contribution < 1.29 is 4.79 Å². The average Bonchev–Trinajstić information content (AvgIpc) is 3.33. The Balaban J connectivity index is 1.57. The maximum absolute atomic E-state index is 12.7. The van der Waals surface area contributed by atoms with Crippen LogP contribution in [0.25, 0.3) is 0 Å². The first kappa shape index (κ1) is 31.2. The zero-order valence-corrected chi connectivity index (χ0v) is 24.0. The molecule has 2 heterocycles. The molecule has 1 fully saturated rings. The maximum atomic E-state index is 12.7. The van der Waals surface area contributed by atoms with Crippen LogP contribution in [0.3, 0.4) is 0 Å². The lowest BCUT2D eigenvalue weighted by Crippen LogP contribution is -2.32. The average molecular weight is 516 g/mol. The molecule has 0 aliphatic carbocycles. The second-order valence-corrected chi connectivity index (χ2v) is 10.3. The molecule has 1 aromatic rings. The summed E-state index contributed by atoms with van der Waals surface area (Å²) in [6, 6.07) is 4.02. The Kier molecular flexibility index (Phi) is 15.7. The Morgan fingerprint density at radius 2 is 1.61 bits per heavy atom. The summed E-state index contributed by atoms with van der Waals surface area (Å²) >= 11 is 0. The van der Waals surface area contributed by atoms with Crippen LogP contribution in [0.4, 0.5) is 0 Å². The molecule has 0 bridgehead atoms. The van der Waals surface area contributed by atoms with E-state index in [2.05, 4.69) is 92.6 Å². The first-order chi connectivity index (χ1) is 18.6. The number of aliphatic imine (C=N–C) groups is 1. The van der Waals surface area contributed by atoms with Gasteiger partial charge in [-0.3, -0.25) is 14.8 Å². The Hall–Kier alpha value is -3.01. The number of allylic oxidation sites excluding steroid dienone is 10. The summed E-state index contributed by atoms with van der Waals surface area (Å²) in [7, 11) is 0. The molecule has 1 atom stereocenters. The molecule has 0 saturated carbocycles. The number of aromatic nitrogens is 1. The number of hydrogen-bond donors (Lipinski definition) is 0. The Morgan fingerprint density at radius 1 is 0.974 bits per heavy atom. The van der Waals surface area contributed by atoms with Crippen molar-refractivity contribution in [2.45, 2.75) is 85.0 Å². The minimum atomic E-state index is 0.0578. The Morgan fingerprint density at radius 3 is 2.18 bits per heavy atom. The van der Waals surface area contributed by atoms with Crippen LogP contribution in [-0.2, 0) is 4.79 Å². The van der Waals surface area contributed by atoms with Gasteiger partial charge in [-0.15, -0.1) is 0 Å². The lowest BCUT2D eigenvalue weighted by Gasteiger charge is -2.23. The van der Waals surface area contributed by atoms with E-state index in [0.29, 0.717) is 6.42 Å². The second kappa shape index (κ2) is 19.1. The number of likely N-dealkylation sites (tertiary alicyclic amines) is 1. The molecule has 0 radical (unpaired) electrons. The molecule has 1 unspecified atom stereocenters. The van der Waals surface area contributed by atoms with Crippen LogP contribution < -0.4 is 0 Å². The van der Waals surface area contributed by atoms with Gasteiger partial charge >= 0.3 is 0 Å². The number of pyridine rings is 1. The van der Waals surface area contributed by atoms with Crippen LogP contribution in [0.5, 0.6) is 0 Å². The van der Waals surface area contributed by atoms with E-state index in [1.807, 2.05) is 17.2 Å². The quantitative estimate of drug-likeness (QED) is 0.119. The van der Waals surface area contributed by atoms with Crippen LogP contribution in [0.1, 0.15) is 90.5 Å². The summed E-state index contributed by atoms with van der Waals surface area (Å²) in [6.07, 6.45) is 35.3. The molecule has 0 spiro atoms. The van der Waals surface area contributed by atoms with E-state index in [1.165, 1.54) is 0 Å². The van der Waals surface area contributed by atoms with Gasteiger partial charge in [0.1, 0.15) is 0 Å². The third-order valence-corrected chi connectivity index (χ3v) is 6.81. The molecule has 1 saturated heterocycles. The van der Waals surface area contributed by atoms with Crippen molar-refractivity contribution in [1.29, 1.82) is 0 Å².